The van der Waals surface area contributed by atoms with Crippen molar-refractivity contribution in [2.45, 2.75) is 12.1 Å². The fraction of sp³-hybridized carbons (Fsp3) is 0.385. The number of halogens is 1. The summed E-state index contributed by atoms with van der Waals surface area (Å²) in [6, 6.07) is -3.41. The first kappa shape index (κ1) is 27.2. The van der Waals surface area contributed by atoms with Crippen molar-refractivity contribution in [2.75, 3.05) is 25.4 Å². The first-order valence-electron chi connectivity index (χ1n) is 7.79. The van der Waals surface area contributed by atoms with E-state index in [0.29, 0.717) is 0 Å². The number of amides is 4. The summed E-state index contributed by atoms with van der Waals surface area (Å²) >= 11 is 6.32. The van der Waals surface area contributed by atoms with Gasteiger partial charge in [0.2, 0.25) is 11.8 Å². The van der Waals surface area contributed by atoms with Gasteiger partial charge in [-0.3, -0.25) is 19.2 Å². The van der Waals surface area contributed by atoms with Crippen LogP contribution < -0.4 is 45.5 Å². The van der Waals surface area contributed by atoms with Gasteiger partial charge in [-0.2, -0.15) is 0 Å². The SMILES string of the molecule is CNC(=O)C1C(NC(=O)C(=NOC)c2csc(NC(=O)CCl)n2)C(=O)N1S(=O)(=O)[O-].[Na+]. The molecule has 1 fully saturated rings. The third kappa shape index (κ3) is 6.12. The molecular weight excluding hydrogens is 491 g/mol. The minimum absolute atomic E-state index is 0. The van der Waals surface area contributed by atoms with Crippen molar-refractivity contribution in [3.63, 3.8) is 0 Å². The van der Waals surface area contributed by atoms with E-state index in [4.69, 9.17) is 11.6 Å². The monoisotopic (exact) mass is 504 g/mol. The third-order valence-corrected chi connectivity index (χ3v) is 5.50. The van der Waals surface area contributed by atoms with Gasteiger partial charge >= 0.3 is 29.6 Å². The first-order chi connectivity index (χ1) is 14.0. The van der Waals surface area contributed by atoms with E-state index in [1.165, 1.54) is 5.38 Å². The standard InChI is InChI=1S/C13H15ClN6O8S2.Na/c1-15-11(23)9-8(12(24)20(9)30(25,26)27)18-10(22)7(19-28-2)5-4-29-13(16-5)17-6(21)3-14;/h4,8-9H,3H2,1-2H3,(H,15,23)(H,18,22)(H,16,17,21)(H,25,26,27);/q;+1/p-1. The van der Waals surface area contributed by atoms with E-state index in [2.05, 4.69) is 30.9 Å². The van der Waals surface area contributed by atoms with E-state index < -0.39 is 51.7 Å². The summed E-state index contributed by atoms with van der Waals surface area (Å²) in [5.41, 5.74) is -0.493. The Morgan fingerprint density at radius 1 is 1.42 bits per heavy atom. The van der Waals surface area contributed by atoms with Crippen LogP contribution in [-0.2, 0) is 34.3 Å². The summed E-state index contributed by atoms with van der Waals surface area (Å²) < 4.78 is 33.5. The van der Waals surface area contributed by atoms with Crippen LogP contribution in [-0.4, -0.2) is 83.7 Å². The first-order valence-corrected chi connectivity index (χ1v) is 10.6. The van der Waals surface area contributed by atoms with E-state index in [-0.39, 0.29) is 50.6 Å². The van der Waals surface area contributed by atoms with Crippen molar-refractivity contribution in [3.8, 4) is 0 Å². The number of carbonyl (C=O) groups excluding carboxylic acids is 4. The zero-order valence-electron chi connectivity index (χ0n) is 16.2. The smallest absolute Gasteiger partial charge is 0.731 e. The van der Waals surface area contributed by atoms with Gasteiger partial charge in [0.15, 0.2) is 27.2 Å². The van der Waals surface area contributed by atoms with Crippen LogP contribution in [0.1, 0.15) is 5.69 Å². The zero-order valence-corrected chi connectivity index (χ0v) is 20.6. The molecule has 0 saturated carbocycles. The van der Waals surface area contributed by atoms with E-state index in [1.54, 1.807) is 0 Å². The second-order valence-electron chi connectivity index (χ2n) is 5.44. The molecule has 2 unspecified atom stereocenters. The van der Waals surface area contributed by atoms with Crippen LogP contribution in [0.4, 0.5) is 5.13 Å². The molecule has 1 aromatic rings. The quantitative estimate of drug-likeness (QED) is 0.0771. The molecule has 2 atom stereocenters. The summed E-state index contributed by atoms with van der Waals surface area (Å²) in [6.45, 7) is 0. The largest absolute Gasteiger partial charge is 1.00 e. The maximum atomic E-state index is 12.6. The molecule has 2 rings (SSSR count). The number of nitrogens with zero attached hydrogens (tertiary/aromatic N) is 3. The number of nitrogens with one attached hydrogen (secondary N) is 3. The molecule has 0 radical (unpaired) electrons. The van der Waals surface area contributed by atoms with Crippen LogP contribution in [0.5, 0.6) is 0 Å². The number of β-lactam (4-membered cyclic amide) rings is 1. The maximum Gasteiger partial charge on any atom is 1.00 e. The van der Waals surface area contributed by atoms with Crippen molar-refractivity contribution in [1.82, 2.24) is 19.9 Å². The summed E-state index contributed by atoms with van der Waals surface area (Å²) in [4.78, 5) is 56.4. The second-order valence-corrected chi connectivity index (χ2v) is 7.82. The summed E-state index contributed by atoms with van der Waals surface area (Å²) in [7, 11) is -2.99. The number of aromatic nitrogens is 1. The number of oxime groups is 1. The van der Waals surface area contributed by atoms with Gasteiger partial charge in [-0.05, 0) is 0 Å². The molecule has 0 aliphatic carbocycles. The number of rotatable bonds is 8. The van der Waals surface area contributed by atoms with Crippen LogP contribution in [0.3, 0.4) is 0 Å². The second kappa shape index (κ2) is 11.2. The van der Waals surface area contributed by atoms with Gasteiger partial charge in [0, 0.05) is 12.4 Å². The number of carbonyl (C=O) groups is 4. The summed E-state index contributed by atoms with van der Waals surface area (Å²) in [5.74, 6) is -4.19. The molecule has 1 saturated heterocycles. The van der Waals surface area contributed by atoms with Gasteiger partial charge in [-0.25, -0.2) is 17.7 Å². The van der Waals surface area contributed by atoms with Gasteiger partial charge in [0.1, 0.15) is 24.7 Å². The van der Waals surface area contributed by atoms with E-state index in [9.17, 15) is 32.1 Å². The maximum absolute atomic E-state index is 12.6. The number of hydrogen-bond acceptors (Lipinski definition) is 11. The molecule has 31 heavy (non-hydrogen) atoms. The van der Waals surface area contributed by atoms with Crippen LogP contribution in [0.25, 0.3) is 0 Å². The Morgan fingerprint density at radius 3 is 2.58 bits per heavy atom. The molecule has 1 aliphatic rings. The van der Waals surface area contributed by atoms with Gasteiger partial charge in [0.05, 0.1) is 0 Å². The molecule has 164 valence electrons. The molecule has 3 N–H and O–H groups in total. The Morgan fingerprint density at radius 2 is 2.06 bits per heavy atom. The Bertz CT molecular complexity index is 1020. The number of thiazole rings is 1. The summed E-state index contributed by atoms with van der Waals surface area (Å²) in [5, 5.41) is 11.5. The van der Waals surface area contributed by atoms with Gasteiger partial charge in [-0.15, -0.1) is 22.9 Å². The topological polar surface area (TPSA) is 199 Å². The van der Waals surface area contributed by atoms with Gasteiger partial charge in [-0.1, -0.05) is 5.16 Å². The predicted octanol–water partition coefficient (Wildman–Crippen LogP) is -5.42. The fourth-order valence-electron chi connectivity index (χ4n) is 2.36. The minimum Gasteiger partial charge on any atom is -0.731 e. The van der Waals surface area contributed by atoms with Crippen LogP contribution >= 0.6 is 22.9 Å². The number of hydrogen-bond donors (Lipinski definition) is 3. The Labute approximate surface area is 206 Å². The van der Waals surface area contributed by atoms with Crippen LogP contribution in [0.2, 0.25) is 0 Å². The number of likely N-dealkylation sites (N-methyl/N-ethyl adjacent to an activating group) is 1. The van der Waals surface area contributed by atoms with Gasteiger partial charge < -0.3 is 25.3 Å². The molecular formula is C13H14ClN6NaO8S2. The molecule has 2 heterocycles. The average Bonchev–Trinajstić information content (AvgIpc) is 3.13. The molecule has 14 nitrogen and oxygen atoms in total. The molecule has 18 heteroatoms. The minimum atomic E-state index is -5.28. The molecule has 4 amide bonds. The van der Waals surface area contributed by atoms with Crippen molar-refractivity contribution < 1.29 is 66.5 Å². The summed E-state index contributed by atoms with van der Waals surface area (Å²) in [6.07, 6.45) is 0. The Hall–Kier alpha value is -1.82. The van der Waals surface area contributed by atoms with E-state index in [0.717, 1.165) is 25.5 Å². The van der Waals surface area contributed by atoms with E-state index >= 15 is 0 Å². The van der Waals surface area contributed by atoms with Crippen molar-refractivity contribution in [3.05, 3.63) is 11.1 Å². The molecule has 1 aliphatic heterocycles. The normalized spacial score (nSPS) is 18.4. The zero-order chi connectivity index (χ0) is 22.6. The predicted molar refractivity (Wildman–Crippen MR) is 101 cm³/mol. The molecule has 1 aromatic heterocycles. The van der Waals surface area contributed by atoms with E-state index in [1.807, 2.05) is 0 Å². The van der Waals surface area contributed by atoms with Crippen LogP contribution in [0, 0.1) is 0 Å². The third-order valence-electron chi connectivity index (χ3n) is 3.61. The molecule has 0 bridgehead atoms. The van der Waals surface area contributed by atoms with Crippen molar-refractivity contribution >= 4 is 67.7 Å². The van der Waals surface area contributed by atoms with Gasteiger partial charge in [0.25, 0.3) is 11.8 Å². The number of alkyl halides is 1. The Kier molecular flexibility index (Phi) is 9.80. The van der Waals surface area contributed by atoms with Crippen molar-refractivity contribution in [1.29, 1.82) is 0 Å². The van der Waals surface area contributed by atoms with Crippen LogP contribution in [0.15, 0.2) is 10.5 Å². The fourth-order valence-corrected chi connectivity index (χ4v) is 3.96. The Balaban J connectivity index is 0.00000480. The average molecular weight is 505 g/mol. The molecule has 0 spiro atoms. The molecule has 0 aromatic carbocycles. The number of anilines is 1. The van der Waals surface area contributed by atoms with Crippen molar-refractivity contribution in [2.24, 2.45) is 5.16 Å².